The van der Waals surface area contributed by atoms with Crippen molar-refractivity contribution in [2.45, 2.75) is 104 Å². The van der Waals surface area contributed by atoms with Crippen LogP contribution >= 0.6 is 0 Å². The molecule has 0 saturated heterocycles. The highest BCUT2D eigenvalue weighted by molar-refractivity contribution is 4.72. The van der Waals surface area contributed by atoms with Crippen LogP contribution in [0.25, 0.3) is 0 Å². The molecule has 0 amide bonds. The number of ether oxygens (including phenoxy) is 4. The van der Waals surface area contributed by atoms with Gasteiger partial charge in [-0.15, -0.1) is 0 Å². The molecule has 0 aromatic heterocycles. The molecule has 26 heavy (non-hydrogen) atoms. The van der Waals surface area contributed by atoms with E-state index in [0.29, 0.717) is 6.79 Å². The number of hydrogen-bond donors (Lipinski definition) is 0. The summed E-state index contributed by atoms with van der Waals surface area (Å²) in [4.78, 5) is 0. The van der Waals surface area contributed by atoms with E-state index in [2.05, 4.69) is 13.0 Å². The summed E-state index contributed by atoms with van der Waals surface area (Å²) in [5, 5.41) is 0. The first-order valence-corrected chi connectivity index (χ1v) is 10.9. The van der Waals surface area contributed by atoms with Gasteiger partial charge < -0.3 is 18.9 Å². The molecule has 0 aliphatic carbocycles. The van der Waals surface area contributed by atoms with Gasteiger partial charge in [0.05, 0.1) is 12.9 Å². The van der Waals surface area contributed by atoms with Crippen LogP contribution < -0.4 is 0 Å². The summed E-state index contributed by atoms with van der Waals surface area (Å²) in [7, 11) is 0. The molecule has 0 atom stereocenters. The second-order valence-electron chi connectivity index (χ2n) is 6.66. The molecule has 0 fully saturated rings. The van der Waals surface area contributed by atoms with E-state index in [1.807, 2.05) is 13.8 Å². The molecule has 156 valence electrons. The Morgan fingerprint density at radius 3 is 2.04 bits per heavy atom. The first kappa shape index (κ1) is 25.4. The monoisotopic (exact) mass is 372 g/mol. The predicted molar refractivity (Wildman–Crippen MR) is 109 cm³/mol. The van der Waals surface area contributed by atoms with Crippen molar-refractivity contribution in [2.24, 2.45) is 0 Å². The molecule has 0 aliphatic rings. The topological polar surface area (TPSA) is 36.9 Å². The van der Waals surface area contributed by atoms with E-state index < -0.39 is 0 Å². The van der Waals surface area contributed by atoms with Crippen molar-refractivity contribution in [1.82, 2.24) is 0 Å². The van der Waals surface area contributed by atoms with Crippen molar-refractivity contribution in [1.29, 1.82) is 0 Å². The Labute approximate surface area is 162 Å². The van der Waals surface area contributed by atoms with Gasteiger partial charge in [-0.1, -0.05) is 51.9 Å². The molecule has 4 nitrogen and oxygen atoms in total. The van der Waals surface area contributed by atoms with Gasteiger partial charge in [0.15, 0.2) is 13.1 Å². The molecular weight excluding hydrogens is 328 g/mol. The van der Waals surface area contributed by atoms with Crippen molar-refractivity contribution >= 4 is 0 Å². The average molecular weight is 373 g/mol. The minimum Gasteiger partial charge on any atom is -0.475 e. The van der Waals surface area contributed by atoms with Gasteiger partial charge in [0, 0.05) is 13.2 Å². The van der Waals surface area contributed by atoms with Gasteiger partial charge in [-0.25, -0.2) is 0 Å². The normalized spacial score (nSPS) is 11.7. The Hall–Kier alpha value is -0.580. The number of unbranched alkanes of at least 4 members (excludes halogenated alkanes) is 9. The van der Waals surface area contributed by atoms with Gasteiger partial charge in [-0.2, -0.15) is 0 Å². The van der Waals surface area contributed by atoms with Crippen molar-refractivity contribution in [3.05, 3.63) is 12.3 Å². The Kier molecular flexibility index (Phi) is 22.0. The minimum atomic E-state index is 0.000691. The molecule has 0 rings (SSSR count). The van der Waals surface area contributed by atoms with E-state index in [0.717, 1.165) is 39.1 Å². The average Bonchev–Trinajstić information content (AvgIpc) is 2.64. The smallest absolute Gasteiger partial charge is 0.188 e. The van der Waals surface area contributed by atoms with Crippen molar-refractivity contribution in [2.75, 3.05) is 26.6 Å². The van der Waals surface area contributed by atoms with Crippen LogP contribution in [0.4, 0.5) is 0 Å². The lowest BCUT2D eigenvalue weighted by Crippen LogP contribution is -2.17. The summed E-state index contributed by atoms with van der Waals surface area (Å²) in [5.41, 5.74) is 0. The zero-order chi connectivity index (χ0) is 19.1. The lowest BCUT2D eigenvalue weighted by molar-refractivity contribution is -0.140. The van der Waals surface area contributed by atoms with E-state index in [-0.39, 0.29) is 6.29 Å². The Morgan fingerprint density at radius 2 is 1.38 bits per heavy atom. The van der Waals surface area contributed by atoms with Crippen LogP contribution in [0, 0.1) is 0 Å². The van der Waals surface area contributed by atoms with Gasteiger partial charge in [-0.3, -0.25) is 0 Å². The molecule has 0 saturated carbocycles. The van der Waals surface area contributed by atoms with Crippen molar-refractivity contribution < 1.29 is 18.9 Å². The summed E-state index contributed by atoms with van der Waals surface area (Å²) in [5.74, 6) is 0. The predicted octanol–water partition coefficient (Wildman–Crippen LogP) is 6.59. The lowest BCUT2D eigenvalue weighted by Gasteiger charge is -2.16. The summed E-state index contributed by atoms with van der Waals surface area (Å²) >= 11 is 0. The quantitative estimate of drug-likeness (QED) is 0.129. The van der Waals surface area contributed by atoms with Gasteiger partial charge in [0.25, 0.3) is 0 Å². The minimum absolute atomic E-state index is 0.000691. The van der Waals surface area contributed by atoms with Crippen LogP contribution in [0.3, 0.4) is 0 Å². The van der Waals surface area contributed by atoms with Crippen molar-refractivity contribution in [3.8, 4) is 0 Å². The third kappa shape index (κ3) is 19.7. The Balaban J connectivity index is 3.22. The maximum atomic E-state index is 5.56. The Morgan fingerprint density at radius 1 is 0.731 bits per heavy atom. The molecular formula is C22H44O4. The molecule has 0 spiro atoms. The molecule has 0 aromatic rings. The summed E-state index contributed by atoms with van der Waals surface area (Å²) in [6.07, 6.45) is 18.6. The molecule has 0 aromatic carbocycles. The third-order valence-corrected chi connectivity index (χ3v) is 4.25. The number of hydrogen-bond acceptors (Lipinski definition) is 4. The van der Waals surface area contributed by atoms with Crippen LogP contribution in [0.15, 0.2) is 12.3 Å². The van der Waals surface area contributed by atoms with E-state index >= 15 is 0 Å². The first-order chi connectivity index (χ1) is 12.8. The third-order valence-electron chi connectivity index (χ3n) is 4.25. The van der Waals surface area contributed by atoms with E-state index in [1.165, 1.54) is 57.8 Å². The summed E-state index contributed by atoms with van der Waals surface area (Å²) < 4.78 is 21.8. The molecule has 0 N–H and O–H groups in total. The standard InChI is InChI=1S/C22H44O4/c1-4-7-16-19-23-21-24-20-17-14-12-10-8-9-11-13-15-18-22(25-5-2)26-6-3/h17,20,22H,4-16,18-19,21H2,1-3H3. The van der Waals surface area contributed by atoms with E-state index in [9.17, 15) is 0 Å². The lowest BCUT2D eigenvalue weighted by atomic mass is 10.1. The molecule has 0 heterocycles. The van der Waals surface area contributed by atoms with Crippen LogP contribution in [0.5, 0.6) is 0 Å². The van der Waals surface area contributed by atoms with E-state index in [1.54, 1.807) is 6.26 Å². The second kappa shape index (κ2) is 22.5. The largest absolute Gasteiger partial charge is 0.475 e. The van der Waals surface area contributed by atoms with E-state index in [4.69, 9.17) is 18.9 Å². The number of rotatable bonds is 21. The van der Waals surface area contributed by atoms with Crippen LogP contribution in [-0.4, -0.2) is 32.9 Å². The summed E-state index contributed by atoms with van der Waals surface area (Å²) in [6, 6.07) is 0. The summed E-state index contributed by atoms with van der Waals surface area (Å²) in [6.45, 7) is 8.90. The molecule has 0 radical (unpaired) electrons. The SMILES string of the molecule is CCCCCOCOC=CCCCCCCCCCC(OCC)OCC. The van der Waals surface area contributed by atoms with Crippen LogP contribution in [-0.2, 0) is 18.9 Å². The maximum absolute atomic E-state index is 5.56. The zero-order valence-electron chi connectivity index (χ0n) is 17.7. The number of allylic oxidation sites excluding steroid dienone is 1. The maximum Gasteiger partial charge on any atom is 0.188 e. The highest BCUT2D eigenvalue weighted by atomic mass is 16.7. The van der Waals surface area contributed by atoms with Gasteiger partial charge in [-0.05, 0) is 52.0 Å². The highest BCUT2D eigenvalue weighted by Crippen LogP contribution is 2.12. The molecule has 0 aliphatic heterocycles. The highest BCUT2D eigenvalue weighted by Gasteiger charge is 2.06. The zero-order valence-corrected chi connectivity index (χ0v) is 17.7. The Bertz CT molecular complexity index is 275. The fourth-order valence-electron chi connectivity index (χ4n) is 2.78. The molecule has 4 heteroatoms. The first-order valence-electron chi connectivity index (χ1n) is 10.9. The molecule has 0 unspecified atom stereocenters. The van der Waals surface area contributed by atoms with Gasteiger partial charge in [0.1, 0.15) is 0 Å². The van der Waals surface area contributed by atoms with Crippen molar-refractivity contribution in [3.63, 3.8) is 0 Å². The second-order valence-corrected chi connectivity index (χ2v) is 6.66. The van der Waals surface area contributed by atoms with Gasteiger partial charge in [0.2, 0.25) is 0 Å². The van der Waals surface area contributed by atoms with Crippen LogP contribution in [0.1, 0.15) is 97.8 Å². The van der Waals surface area contributed by atoms with Gasteiger partial charge >= 0.3 is 0 Å². The fourth-order valence-corrected chi connectivity index (χ4v) is 2.78. The van der Waals surface area contributed by atoms with Crippen LogP contribution in [0.2, 0.25) is 0 Å². The fraction of sp³-hybridized carbons (Fsp3) is 0.909. The molecule has 0 bridgehead atoms.